The average molecular weight is 250 g/mol. The van der Waals surface area contributed by atoms with Crippen molar-refractivity contribution in [1.29, 1.82) is 0 Å². The van der Waals surface area contributed by atoms with Gasteiger partial charge >= 0.3 is 5.69 Å². The molecule has 0 radical (unpaired) electrons. The van der Waals surface area contributed by atoms with Gasteiger partial charge in [-0.1, -0.05) is 0 Å². The summed E-state index contributed by atoms with van der Waals surface area (Å²) in [6.07, 6.45) is 1.99. The molecule has 2 aromatic heterocycles. The molecule has 18 heavy (non-hydrogen) atoms. The SMILES string of the molecule is Cc1c(O)n(C(C)Cc2ccco2)c(=O)[nH]c1=O. The van der Waals surface area contributed by atoms with Crippen LogP contribution in [0.4, 0.5) is 0 Å². The van der Waals surface area contributed by atoms with Crippen molar-refractivity contribution in [1.82, 2.24) is 9.55 Å². The summed E-state index contributed by atoms with van der Waals surface area (Å²) >= 11 is 0. The average Bonchev–Trinajstić information content (AvgIpc) is 2.78. The lowest BCUT2D eigenvalue weighted by molar-refractivity contribution is 0.355. The maximum absolute atomic E-state index is 11.7. The number of furan rings is 1. The molecule has 0 aliphatic rings. The fraction of sp³-hybridized carbons (Fsp3) is 0.333. The summed E-state index contributed by atoms with van der Waals surface area (Å²) in [7, 11) is 0. The minimum atomic E-state index is -0.623. The van der Waals surface area contributed by atoms with E-state index in [1.165, 1.54) is 6.92 Å². The highest BCUT2D eigenvalue weighted by atomic mass is 16.3. The van der Waals surface area contributed by atoms with Gasteiger partial charge in [0.25, 0.3) is 5.56 Å². The number of rotatable bonds is 3. The van der Waals surface area contributed by atoms with E-state index >= 15 is 0 Å². The Morgan fingerprint density at radius 3 is 2.83 bits per heavy atom. The summed E-state index contributed by atoms with van der Waals surface area (Å²) in [6.45, 7) is 3.23. The maximum atomic E-state index is 11.7. The van der Waals surface area contributed by atoms with Crippen LogP contribution in [0.5, 0.6) is 5.88 Å². The molecule has 0 bridgehead atoms. The number of nitrogens with one attached hydrogen (secondary N) is 1. The molecule has 0 saturated carbocycles. The summed E-state index contributed by atoms with van der Waals surface area (Å²) in [5, 5.41) is 9.87. The van der Waals surface area contributed by atoms with Crippen LogP contribution in [-0.2, 0) is 6.42 Å². The van der Waals surface area contributed by atoms with E-state index in [4.69, 9.17) is 4.42 Å². The minimum Gasteiger partial charge on any atom is -0.494 e. The second-order valence-electron chi connectivity index (χ2n) is 4.21. The summed E-state index contributed by atoms with van der Waals surface area (Å²) in [5.41, 5.74) is -1.07. The number of aromatic amines is 1. The topological polar surface area (TPSA) is 88.2 Å². The van der Waals surface area contributed by atoms with Crippen molar-refractivity contribution < 1.29 is 9.52 Å². The molecule has 0 aromatic carbocycles. The molecule has 2 aromatic rings. The van der Waals surface area contributed by atoms with Crippen molar-refractivity contribution in [3.8, 4) is 5.88 Å². The summed E-state index contributed by atoms with van der Waals surface area (Å²) in [5.74, 6) is 0.403. The molecule has 0 aliphatic carbocycles. The predicted octanol–water partition coefficient (Wildman–Crippen LogP) is 0.947. The lowest BCUT2D eigenvalue weighted by Crippen LogP contribution is -2.33. The highest BCUT2D eigenvalue weighted by Crippen LogP contribution is 2.18. The quantitative estimate of drug-likeness (QED) is 0.848. The van der Waals surface area contributed by atoms with E-state index in [9.17, 15) is 14.7 Å². The number of aromatic hydroxyl groups is 1. The third-order valence-corrected chi connectivity index (χ3v) is 2.86. The summed E-state index contributed by atoms with van der Waals surface area (Å²) in [6, 6.07) is 3.22. The largest absolute Gasteiger partial charge is 0.494 e. The Balaban J connectivity index is 2.42. The lowest BCUT2D eigenvalue weighted by atomic mass is 10.2. The molecule has 0 fully saturated rings. The second-order valence-corrected chi connectivity index (χ2v) is 4.21. The van der Waals surface area contributed by atoms with E-state index in [1.54, 1.807) is 25.3 Å². The van der Waals surface area contributed by atoms with E-state index in [0.717, 1.165) is 4.57 Å². The van der Waals surface area contributed by atoms with Crippen LogP contribution in [0, 0.1) is 6.92 Å². The standard InChI is InChI=1S/C12H14N2O4/c1-7(6-9-4-3-5-18-9)14-11(16)8(2)10(15)13-12(14)17/h3-5,7,16H,6H2,1-2H3,(H,13,15,17). The van der Waals surface area contributed by atoms with Gasteiger partial charge in [-0.2, -0.15) is 0 Å². The van der Waals surface area contributed by atoms with Crippen LogP contribution in [0.15, 0.2) is 32.4 Å². The monoisotopic (exact) mass is 250 g/mol. The zero-order chi connectivity index (χ0) is 13.3. The highest BCUT2D eigenvalue weighted by molar-refractivity contribution is 5.21. The zero-order valence-electron chi connectivity index (χ0n) is 10.1. The normalized spacial score (nSPS) is 12.6. The van der Waals surface area contributed by atoms with Gasteiger partial charge in [0, 0.05) is 12.5 Å². The first-order valence-electron chi connectivity index (χ1n) is 5.57. The second kappa shape index (κ2) is 4.56. The lowest BCUT2D eigenvalue weighted by Gasteiger charge is -2.16. The first-order chi connectivity index (χ1) is 8.50. The Bertz CT molecular complexity index is 652. The smallest absolute Gasteiger partial charge is 0.331 e. The van der Waals surface area contributed by atoms with Crippen molar-refractivity contribution >= 4 is 0 Å². The van der Waals surface area contributed by atoms with E-state index in [1.807, 2.05) is 0 Å². The Morgan fingerprint density at radius 1 is 1.50 bits per heavy atom. The molecule has 1 atom stereocenters. The van der Waals surface area contributed by atoms with Gasteiger partial charge in [0.1, 0.15) is 5.76 Å². The molecule has 1 unspecified atom stereocenters. The summed E-state index contributed by atoms with van der Waals surface area (Å²) < 4.78 is 6.34. The Kier molecular flexibility index (Phi) is 3.10. The molecule has 0 spiro atoms. The fourth-order valence-corrected chi connectivity index (χ4v) is 1.85. The van der Waals surface area contributed by atoms with Crippen LogP contribution < -0.4 is 11.2 Å². The van der Waals surface area contributed by atoms with Gasteiger partial charge in [0.05, 0.1) is 11.8 Å². The highest BCUT2D eigenvalue weighted by Gasteiger charge is 2.16. The summed E-state index contributed by atoms with van der Waals surface area (Å²) in [4.78, 5) is 25.2. The Morgan fingerprint density at radius 2 is 2.22 bits per heavy atom. The molecule has 6 heteroatoms. The van der Waals surface area contributed by atoms with Crippen molar-refractivity contribution in [3.63, 3.8) is 0 Å². The van der Waals surface area contributed by atoms with Gasteiger partial charge in [-0.15, -0.1) is 0 Å². The Hall–Kier alpha value is -2.24. The maximum Gasteiger partial charge on any atom is 0.331 e. The van der Waals surface area contributed by atoms with Gasteiger partial charge in [-0.3, -0.25) is 14.3 Å². The van der Waals surface area contributed by atoms with Crippen LogP contribution >= 0.6 is 0 Å². The zero-order valence-corrected chi connectivity index (χ0v) is 10.1. The van der Waals surface area contributed by atoms with Gasteiger partial charge in [-0.25, -0.2) is 4.79 Å². The molecule has 2 N–H and O–H groups in total. The van der Waals surface area contributed by atoms with E-state index < -0.39 is 11.2 Å². The minimum absolute atomic E-state index is 0.126. The number of nitrogens with zero attached hydrogens (tertiary/aromatic N) is 1. The van der Waals surface area contributed by atoms with Gasteiger partial charge in [-0.05, 0) is 26.0 Å². The Labute approximate surface area is 103 Å². The number of aromatic nitrogens is 2. The van der Waals surface area contributed by atoms with Crippen LogP contribution in [0.1, 0.15) is 24.3 Å². The predicted molar refractivity (Wildman–Crippen MR) is 64.8 cm³/mol. The molecule has 0 aliphatic heterocycles. The van der Waals surface area contributed by atoms with Crippen molar-refractivity contribution in [2.75, 3.05) is 0 Å². The third kappa shape index (κ3) is 2.09. The van der Waals surface area contributed by atoms with Crippen molar-refractivity contribution in [3.05, 3.63) is 50.6 Å². The van der Waals surface area contributed by atoms with Crippen LogP contribution in [0.2, 0.25) is 0 Å². The van der Waals surface area contributed by atoms with Crippen molar-refractivity contribution in [2.24, 2.45) is 0 Å². The molecular formula is C12H14N2O4. The number of hydrogen-bond donors (Lipinski definition) is 2. The van der Waals surface area contributed by atoms with E-state index in [0.29, 0.717) is 12.2 Å². The van der Waals surface area contributed by atoms with Crippen LogP contribution in [-0.4, -0.2) is 14.7 Å². The molecule has 2 heterocycles. The first-order valence-corrected chi connectivity index (χ1v) is 5.57. The molecule has 6 nitrogen and oxygen atoms in total. The molecule has 2 rings (SSSR count). The molecular weight excluding hydrogens is 236 g/mol. The fourth-order valence-electron chi connectivity index (χ4n) is 1.85. The molecule has 0 saturated heterocycles. The van der Waals surface area contributed by atoms with Gasteiger partial charge < -0.3 is 9.52 Å². The number of hydrogen-bond acceptors (Lipinski definition) is 4. The van der Waals surface area contributed by atoms with Crippen molar-refractivity contribution in [2.45, 2.75) is 26.3 Å². The van der Waals surface area contributed by atoms with Gasteiger partial charge in [0.15, 0.2) is 0 Å². The number of H-pyrrole nitrogens is 1. The van der Waals surface area contributed by atoms with E-state index in [2.05, 4.69) is 4.98 Å². The van der Waals surface area contributed by atoms with Crippen LogP contribution in [0.25, 0.3) is 0 Å². The van der Waals surface area contributed by atoms with Gasteiger partial charge in [0.2, 0.25) is 5.88 Å². The first kappa shape index (κ1) is 12.2. The van der Waals surface area contributed by atoms with E-state index in [-0.39, 0.29) is 17.5 Å². The molecule has 0 amide bonds. The third-order valence-electron chi connectivity index (χ3n) is 2.86. The molecule has 96 valence electrons. The van der Waals surface area contributed by atoms with Crippen LogP contribution in [0.3, 0.4) is 0 Å².